The van der Waals surface area contributed by atoms with Gasteiger partial charge < -0.3 is 15.9 Å². The van der Waals surface area contributed by atoms with E-state index in [2.05, 4.69) is 0 Å². The van der Waals surface area contributed by atoms with Crippen LogP contribution in [0.1, 0.15) is 11.5 Å². The van der Waals surface area contributed by atoms with Crippen molar-refractivity contribution in [2.75, 3.05) is 5.73 Å². The monoisotopic (exact) mass is 126 g/mol. The number of hydrogen-bond acceptors (Lipinski definition) is 3. The maximum Gasteiger partial charge on any atom is 0.124 e. The predicted octanol–water partition coefficient (Wildman–Crippen LogP) is 0.629. The summed E-state index contributed by atoms with van der Waals surface area (Å²) >= 11 is 0. The minimum atomic E-state index is 0.415. The van der Waals surface area contributed by atoms with E-state index in [-0.39, 0.29) is 0 Å². The summed E-state index contributed by atoms with van der Waals surface area (Å²) in [4.78, 5) is 0. The van der Waals surface area contributed by atoms with Gasteiger partial charge in [-0.1, -0.05) is 0 Å². The van der Waals surface area contributed by atoms with Crippen LogP contribution in [0.5, 0.6) is 0 Å². The SMILES string of the molecule is Cc1oc(CN)cc1N. The summed E-state index contributed by atoms with van der Waals surface area (Å²) in [6, 6.07) is 1.75. The summed E-state index contributed by atoms with van der Waals surface area (Å²) in [6.45, 7) is 2.23. The largest absolute Gasteiger partial charge is 0.463 e. The number of furan rings is 1. The zero-order valence-corrected chi connectivity index (χ0v) is 5.35. The van der Waals surface area contributed by atoms with Gasteiger partial charge in [-0.3, -0.25) is 0 Å². The van der Waals surface area contributed by atoms with Gasteiger partial charge in [0.15, 0.2) is 0 Å². The van der Waals surface area contributed by atoms with Gasteiger partial charge in [0.2, 0.25) is 0 Å². The van der Waals surface area contributed by atoms with E-state index in [1.54, 1.807) is 6.07 Å². The average molecular weight is 126 g/mol. The van der Waals surface area contributed by atoms with Crippen LogP contribution in [-0.2, 0) is 6.54 Å². The van der Waals surface area contributed by atoms with Crippen molar-refractivity contribution in [1.82, 2.24) is 0 Å². The topological polar surface area (TPSA) is 65.2 Å². The first-order valence-corrected chi connectivity index (χ1v) is 2.79. The van der Waals surface area contributed by atoms with Gasteiger partial charge in [0.1, 0.15) is 11.5 Å². The molecule has 0 saturated carbocycles. The smallest absolute Gasteiger partial charge is 0.124 e. The van der Waals surface area contributed by atoms with Crippen LogP contribution in [0.2, 0.25) is 0 Å². The third-order valence-electron chi connectivity index (χ3n) is 1.21. The summed E-state index contributed by atoms with van der Waals surface area (Å²) in [6.07, 6.45) is 0. The van der Waals surface area contributed by atoms with Crippen molar-refractivity contribution < 1.29 is 4.42 Å². The molecule has 0 aliphatic carbocycles. The number of hydrogen-bond donors (Lipinski definition) is 2. The van der Waals surface area contributed by atoms with Gasteiger partial charge in [-0.2, -0.15) is 0 Å². The highest BCUT2D eigenvalue weighted by Crippen LogP contribution is 2.14. The number of nitrogen functional groups attached to an aromatic ring is 1. The zero-order chi connectivity index (χ0) is 6.85. The Kier molecular flexibility index (Phi) is 1.44. The van der Waals surface area contributed by atoms with Gasteiger partial charge in [-0.05, 0) is 6.92 Å². The fourth-order valence-electron chi connectivity index (χ4n) is 0.661. The van der Waals surface area contributed by atoms with Crippen molar-refractivity contribution in [2.45, 2.75) is 13.5 Å². The van der Waals surface area contributed by atoms with Crippen LogP contribution in [0.3, 0.4) is 0 Å². The summed E-state index contributed by atoms with van der Waals surface area (Å²) in [5, 5.41) is 0. The molecule has 1 aromatic rings. The molecule has 0 spiro atoms. The zero-order valence-electron chi connectivity index (χ0n) is 5.35. The molecule has 0 bridgehead atoms. The van der Waals surface area contributed by atoms with E-state index in [9.17, 15) is 0 Å². The van der Waals surface area contributed by atoms with Gasteiger partial charge in [-0.25, -0.2) is 0 Å². The van der Waals surface area contributed by atoms with E-state index < -0.39 is 0 Å². The molecule has 1 rings (SSSR count). The quantitative estimate of drug-likeness (QED) is 0.580. The molecule has 0 aromatic carbocycles. The standard InChI is InChI=1S/C6H10N2O/c1-4-6(8)2-5(3-7)9-4/h2H,3,7-8H2,1H3. The summed E-state index contributed by atoms with van der Waals surface area (Å²) in [5.74, 6) is 1.49. The Balaban J connectivity index is 2.98. The molecule has 1 aromatic heterocycles. The van der Waals surface area contributed by atoms with E-state index in [1.165, 1.54) is 0 Å². The highest BCUT2D eigenvalue weighted by atomic mass is 16.3. The lowest BCUT2D eigenvalue weighted by atomic mass is 10.4. The molecule has 3 heteroatoms. The Hall–Kier alpha value is -0.960. The fraction of sp³-hybridized carbons (Fsp3) is 0.333. The van der Waals surface area contributed by atoms with E-state index >= 15 is 0 Å². The predicted molar refractivity (Wildman–Crippen MR) is 35.7 cm³/mol. The summed E-state index contributed by atoms with van der Waals surface area (Å²) in [7, 11) is 0. The second-order valence-corrected chi connectivity index (χ2v) is 1.93. The third kappa shape index (κ3) is 1.05. The molecule has 0 saturated heterocycles. The maximum absolute atomic E-state index is 5.47. The molecule has 50 valence electrons. The van der Waals surface area contributed by atoms with Gasteiger partial charge >= 0.3 is 0 Å². The van der Waals surface area contributed by atoms with Gasteiger partial charge in [0, 0.05) is 6.07 Å². The second kappa shape index (κ2) is 2.11. The minimum Gasteiger partial charge on any atom is -0.463 e. The van der Waals surface area contributed by atoms with Crippen LogP contribution in [-0.4, -0.2) is 0 Å². The van der Waals surface area contributed by atoms with Crippen molar-refractivity contribution in [1.29, 1.82) is 0 Å². The minimum absolute atomic E-state index is 0.415. The molecule has 0 radical (unpaired) electrons. The van der Waals surface area contributed by atoms with Crippen molar-refractivity contribution in [3.8, 4) is 0 Å². The van der Waals surface area contributed by atoms with Crippen LogP contribution >= 0.6 is 0 Å². The van der Waals surface area contributed by atoms with Crippen molar-refractivity contribution in [2.24, 2.45) is 5.73 Å². The third-order valence-corrected chi connectivity index (χ3v) is 1.21. The van der Waals surface area contributed by atoms with Crippen LogP contribution in [0, 0.1) is 6.92 Å². The highest BCUT2D eigenvalue weighted by Gasteiger charge is 1.99. The lowest BCUT2D eigenvalue weighted by Crippen LogP contribution is -1.92. The van der Waals surface area contributed by atoms with Gasteiger partial charge in [0.25, 0.3) is 0 Å². The fourth-order valence-corrected chi connectivity index (χ4v) is 0.661. The van der Waals surface area contributed by atoms with Gasteiger partial charge in [-0.15, -0.1) is 0 Å². The number of nitrogens with two attached hydrogens (primary N) is 2. The summed E-state index contributed by atoms with van der Waals surface area (Å²) in [5.41, 5.74) is 11.4. The van der Waals surface area contributed by atoms with Crippen LogP contribution < -0.4 is 11.5 Å². The van der Waals surface area contributed by atoms with E-state index in [4.69, 9.17) is 15.9 Å². The maximum atomic E-state index is 5.47. The lowest BCUT2D eigenvalue weighted by molar-refractivity contribution is 0.486. The van der Waals surface area contributed by atoms with Crippen molar-refractivity contribution in [3.05, 3.63) is 17.6 Å². The molecular weight excluding hydrogens is 116 g/mol. The molecule has 0 aliphatic heterocycles. The average Bonchev–Trinajstić information content (AvgIpc) is 2.13. The van der Waals surface area contributed by atoms with Crippen molar-refractivity contribution in [3.63, 3.8) is 0 Å². The molecule has 9 heavy (non-hydrogen) atoms. The second-order valence-electron chi connectivity index (χ2n) is 1.93. The Morgan fingerprint density at radius 2 is 2.33 bits per heavy atom. The molecule has 0 atom stereocenters. The van der Waals surface area contributed by atoms with Crippen LogP contribution in [0.15, 0.2) is 10.5 Å². The first-order valence-electron chi connectivity index (χ1n) is 2.79. The Bertz CT molecular complexity index is 185. The lowest BCUT2D eigenvalue weighted by Gasteiger charge is -1.83. The van der Waals surface area contributed by atoms with E-state index in [0.29, 0.717) is 12.2 Å². The van der Waals surface area contributed by atoms with E-state index in [1.807, 2.05) is 6.92 Å². The molecule has 0 amide bonds. The Morgan fingerprint density at radius 3 is 2.56 bits per heavy atom. The first kappa shape index (κ1) is 6.16. The highest BCUT2D eigenvalue weighted by molar-refractivity contribution is 5.42. The van der Waals surface area contributed by atoms with Gasteiger partial charge in [0.05, 0.1) is 12.2 Å². The number of anilines is 1. The first-order chi connectivity index (χ1) is 4.24. The van der Waals surface area contributed by atoms with Crippen LogP contribution in [0.4, 0.5) is 5.69 Å². The Morgan fingerprint density at radius 1 is 1.67 bits per heavy atom. The molecule has 3 nitrogen and oxygen atoms in total. The summed E-state index contributed by atoms with van der Waals surface area (Å²) < 4.78 is 5.11. The van der Waals surface area contributed by atoms with E-state index in [0.717, 1.165) is 11.5 Å². The number of rotatable bonds is 1. The molecule has 4 N–H and O–H groups in total. The molecule has 0 aliphatic rings. The Labute approximate surface area is 53.6 Å². The van der Waals surface area contributed by atoms with Crippen LogP contribution in [0.25, 0.3) is 0 Å². The molecule has 0 unspecified atom stereocenters. The molecular formula is C6H10N2O. The molecule has 0 fully saturated rings. The van der Waals surface area contributed by atoms with Crippen molar-refractivity contribution >= 4 is 5.69 Å². The normalized spacial score (nSPS) is 10.0. The number of aryl methyl sites for hydroxylation is 1. The molecule has 1 heterocycles.